The molecule has 2 aromatic heterocycles. The number of nitrogens with zero attached hydrogens (tertiary/aromatic N) is 2. The number of hydrogen-bond acceptors (Lipinski definition) is 7. The number of rotatable bonds is 7. The number of halogens is 1. The third-order valence-corrected chi connectivity index (χ3v) is 6.45. The van der Waals surface area contributed by atoms with Gasteiger partial charge in [-0.2, -0.15) is 0 Å². The van der Waals surface area contributed by atoms with Gasteiger partial charge in [-0.15, -0.1) is 0 Å². The van der Waals surface area contributed by atoms with Gasteiger partial charge in [0.1, 0.15) is 17.8 Å². The number of carbonyl (C=O) groups excluding carboxylic acids is 2. The standard InChI is InChI=1S/C26H24ClN5O4/c27-21-10-16(32-26(35)15-4-2-1-3-5-15)7-9-19(21)23(34)20-11-28-24-22(20)25(30-14-29-24)31-17-6-8-18(12-33)36-13-17/h1-5,7,9-11,14,17-18,33H,6,8,12-13H2,(H,32,35)(H2,28,29,30,31)/t17-,18-/m1/s1. The number of amides is 1. The van der Waals surface area contributed by atoms with Crippen LogP contribution in [0.15, 0.2) is 61.1 Å². The molecule has 36 heavy (non-hydrogen) atoms. The maximum Gasteiger partial charge on any atom is 0.255 e. The lowest BCUT2D eigenvalue weighted by molar-refractivity contribution is -0.0224. The number of aliphatic hydroxyl groups is 1. The van der Waals surface area contributed by atoms with Crippen LogP contribution in [-0.2, 0) is 4.74 Å². The molecule has 5 rings (SSSR count). The molecule has 2 aromatic carbocycles. The Bertz CT molecular complexity index is 1400. The number of anilines is 2. The van der Waals surface area contributed by atoms with Gasteiger partial charge in [-0.3, -0.25) is 9.59 Å². The summed E-state index contributed by atoms with van der Waals surface area (Å²) in [5, 5.41) is 16.2. The summed E-state index contributed by atoms with van der Waals surface area (Å²) < 4.78 is 5.66. The summed E-state index contributed by atoms with van der Waals surface area (Å²) in [6, 6.07) is 13.6. The lowest BCUT2D eigenvalue weighted by atomic mass is 10.0. The number of ketones is 1. The Hall–Kier alpha value is -3.79. The van der Waals surface area contributed by atoms with Gasteiger partial charge in [-0.05, 0) is 43.2 Å². The number of aromatic nitrogens is 3. The van der Waals surface area contributed by atoms with E-state index < -0.39 is 0 Å². The fourth-order valence-corrected chi connectivity index (χ4v) is 4.49. The lowest BCUT2D eigenvalue weighted by Crippen LogP contribution is -2.36. The summed E-state index contributed by atoms with van der Waals surface area (Å²) in [6.07, 6.45) is 4.39. The monoisotopic (exact) mass is 505 g/mol. The third kappa shape index (κ3) is 4.94. The minimum atomic E-state index is -0.301. The van der Waals surface area contributed by atoms with Crippen LogP contribution in [-0.4, -0.2) is 57.1 Å². The maximum absolute atomic E-state index is 13.5. The van der Waals surface area contributed by atoms with Gasteiger partial charge in [0.2, 0.25) is 0 Å². The van der Waals surface area contributed by atoms with Crippen LogP contribution >= 0.6 is 11.6 Å². The van der Waals surface area contributed by atoms with E-state index in [1.54, 1.807) is 48.7 Å². The molecule has 1 fully saturated rings. The number of hydrogen-bond donors (Lipinski definition) is 4. The number of aliphatic hydroxyl groups excluding tert-OH is 1. The number of H-pyrrole nitrogens is 1. The molecule has 0 aliphatic carbocycles. The fraction of sp³-hybridized carbons (Fsp3) is 0.231. The summed E-state index contributed by atoms with van der Waals surface area (Å²) in [5.41, 5.74) is 2.18. The normalized spacial score (nSPS) is 17.6. The molecule has 10 heteroatoms. The van der Waals surface area contributed by atoms with Gasteiger partial charge < -0.3 is 25.5 Å². The van der Waals surface area contributed by atoms with Crippen LogP contribution in [0.4, 0.5) is 11.5 Å². The molecule has 0 radical (unpaired) electrons. The SMILES string of the molecule is O=C(Nc1ccc(C(=O)c2c[nH]c3ncnc(N[C@@H]4CC[C@H](CO)OC4)c23)c(Cl)c1)c1ccccc1. The topological polar surface area (TPSA) is 129 Å². The second-order valence-corrected chi connectivity index (χ2v) is 8.96. The largest absolute Gasteiger partial charge is 0.394 e. The highest BCUT2D eigenvalue weighted by Gasteiger charge is 2.25. The predicted octanol–water partition coefficient (Wildman–Crippen LogP) is 4.05. The quantitative estimate of drug-likeness (QED) is 0.279. The van der Waals surface area contributed by atoms with Crippen LogP contribution in [0.1, 0.15) is 39.1 Å². The molecule has 0 spiro atoms. The number of nitrogens with one attached hydrogen (secondary N) is 3. The first-order valence-corrected chi connectivity index (χ1v) is 11.9. The number of fused-ring (bicyclic) bond motifs is 1. The van der Waals surface area contributed by atoms with Gasteiger partial charge >= 0.3 is 0 Å². The van der Waals surface area contributed by atoms with Crippen molar-refractivity contribution in [3.05, 3.63) is 82.8 Å². The van der Waals surface area contributed by atoms with E-state index in [1.807, 2.05) is 6.07 Å². The Kier molecular flexibility index (Phi) is 6.95. The average Bonchev–Trinajstić information content (AvgIpc) is 3.35. The fourth-order valence-electron chi connectivity index (χ4n) is 4.22. The maximum atomic E-state index is 13.5. The highest BCUT2D eigenvalue weighted by atomic mass is 35.5. The van der Waals surface area contributed by atoms with E-state index in [1.165, 1.54) is 6.33 Å². The highest BCUT2D eigenvalue weighted by Crippen LogP contribution is 2.30. The van der Waals surface area contributed by atoms with Crippen molar-refractivity contribution in [1.82, 2.24) is 15.0 Å². The minimum Gasteiger partial charge on any atom is -0.394 e. The van der Waals surface area contributed by atoms with Crippen LogP contribution in [0.2, 0.25) is 5.02 Å². The zero-order valence-electron chi connectivity index (χ0n) is 19.2. The Labute approximate surface area is 211 Å². The molecule has 1 amide bonds. The van der Waals surface area contributed by atoms with Crippen LogP contribution in [0.25, 0.3) is 11.0 Å². The molecule has 0 unspecified atom stereocenters. The smallest absolute Gasteiger partial charge is 0.255 e. The summed E-state index contributed by atoms with van der Waals surface area (Å²) in [6.45, 7) is 0.419. The summed E-state index contributed by atoms with van der Waals surface area (Å²) in [7, 11) is 0. The zero-order chi connectivity index (χ0) is 25.1. The van der Waals surface area contributed by atoms with Crippen molar-refractivity contribution >= 4 is 45.8 Å². The van der Waals surface area contributed by atoms with Crippen LogP contribution in [0.3, 0.4) is 0 Å². The molecule has 9 nitrogen and oxygen atoms in total. The van der Waals surface area contributed by atoms with Gasteiger partial charge in [0.05, 0.1) is 41.3 Å². The Morgan fingerprint density at radius 2 is 1.94 bits per heavy atom. The summed E-state index contributed by atoms with van der Waals surface area (Å²) in [4.78, 5) is 37.6. The molecule has 1 aliphatic rings. The summed E-state index contributed by atoms with van der Waals surface area (Å²) in [5.74, 6) is -0.0546. The molecular weight excluding hydrogens is 482 g/mol. The van der Waals surface area contributed by atoms with Crippen molar-refractivity contribution in [2.45, 2.75) is 25.0 Å². The van der Waals surface area contributed by atoms with E-state index >= 15 is 0 Å². The Morgan fingerprint density at radius 1 is 1.11 bits per heavy atom. The molecular formula is C26H24ClN5O4. The van der Waals surface area contributed by atoms with Crippen molar-refractivity contribution in [3.8, 4) is 0 Å². The van der Waals surface area contributed by atoms with Gasteiger partial charge in [0.25, 0.3) is 5.91 Å². The van der Waals surface area contributed by atoms with E-state index in [4.69, 9.17) is 16.3 Å². The number of ether oxygens (including phenoxy) is 1. The van der Waals surface area contributed by atoms with Crippen molar-refractivity contribution in [1.29, 1.82) is 0 Å². The Balaban J connectivity index is 1.38. The second kappa shape index (κ2) is 10.4. The van der Waals surface area contributed by atoms with Gasteiger partial charge in [-0.1, -0.05) is 29.8 Å². The second-order valence-electron chi connectivity index (χ2n) is 8.55. The number of benzene rings is 2. The molecule has 1 aliphatic heterocycles. The van der Waals surface area contributed by atoms with Crippen molar-refractivity contribution in [2.75, 3.05) is 23.8 Å². The van der Waals surface area contributed by atoms with Crippen LogP contribution < -0.4 is 10.6 Å². The Morgan fingerprint density at radius 3 is 2.67 bits per heavy atom. The first kappa shape index (κ1) is 23.9. The van der Waals surface area contributed by atoms with E-state index in [0.717, 1.165) is 12.8 Å². The van der Waals surface area contributed by atoms with E-state index in [0.29, 0.717) is 40.3 Å². The first-order chi connectivity index (χ1) is 17.5. The molecule has 0 bridgehead atoms. The third-order valence-electron chi connectivity index (χ3n) is 6.14. The first-order valence-electron chi connectivity index (χ1n) is 11.5. The van der Waals surface area contributed by atoms with Gasteiger partial charge in [-0.25, -0.2) is 9.97 Å². The molecule has 4 aromatic rings. The highest BCUT2D eigenvalue weighted by molar-refractivity contribution is 6.36. The van der Waals surface area contributed by atoms with Gasteiger partial charge in [0, 0.05) is 23.0 Å². The van der Waals surface area contributed by atoms with E-state index in [2.05, 4.69) is 25.6 Å². The molecule has 1 saturated heterocycles. The molecule has 3 heterocycles. The van der Waals surface area contributed by atoms with E-state index in [9.17, 15) is 14.7 Å². The predicted molar refractivity (Wildman–Crippen MR) is 137 cm³/mol. The van der Waals surface area contributed by atoms with Crippen LogP contribution in [0, 0.1) is 0 Å². The van der Waals surface area contributed by atoms with Crippen molar-refractivity contribution in [2.24, 2.45) is 0 Å². The van der Waals surface area contributed by atoms with Crippen molar-refractivity contribution in [3.63, 3.8) is 0 Å². The molecule has 4 N–H and O–H groups in total. The van der Waals surface area contributed by atoms with E-state index in [-0.39, 0.29) is 41.0 Å². The molecule has 2 atom stereocenters. The minimum absolute atomic E-state index is 0.00355. The molecule has 0 saturated carbocycles. The van der Waals surface area contributed by atoms with Crippen molar-refractivity contribution < 1.29 is 19.4 Å². The van der Waals surface area contributed by atoms with Gasteiger partial charge in [0.15, 0.2) is 5.78 Å². The molecule has 184 valence electrons. The number of carbonyl (C=O) groups is 2. The lowest BCUT2D eigenvalue weighted by Gasteiger charge is -2.29. The zero-order valence-corrected chi connectivity index (χ0v) is 20.0. The average molecular weight is 506 g/mol. The summed E-state index contributed by atoms with van der Waals surface area (Å²) >= 11 is 6.48. The van der Waals surface area contributed by atoms with Crippen LogP contribution in [0.5, 0.6) is 0 Å². The number of aromatic amines is 1.